The van der Waals surface area contributed by atoms with E-state index < -0.39 is 0 Å². The highest BCUT2D eigenvalue weighted by Crippen LogP contribution is 2.30. The molecule has 1 atom stereocenters. The maximum absolute atomic E-state index is 14.0. The van der Waals surface area contributed by atoms with Crippen LogP contribution in [0.2, 0.25) is 0 Å². The Hall–Kier alpha value is -1.30. The molecule has 1 heterocycles. The van der Waals surface area contributed by atoms with E-state index in [2.05, 4.69) is 4.98 Å². The van der Waals surface area contributed by atoms with Gasteiger partial charge < -0.3 is 5.73 Å². The van der Waals surface area contributed by atoms with Crippen LogP contribution in [0.25, 0.3) is 0 Å². The Kier molecular flexibility index (Phi) is 4.63. The number of thiazole rings is 1. The second-order valence-corrected chi connectivity index (χ2v) is 5.49. The number of halogens is 1. The summed E-state index contributed by atoms with van der Waals surface area (Å²) in [5, 5.41) is 2.90. The van der Waals surface area contributed by atoms with Crippen LogP contribution in [0.5, 0.6) is 0 Å². The lowest BCUT2D eigenvalue weighted by molar-refractivity contribution is 0.332. The molecule has 1 unspecified atom stereocenters. The largest absolute Gasteiger partial charge is 0.330 e. The zero-order valence-corrected chi connectivity index (χ0v) is 12.0. The lowest BCUT2D eigenvalue weighted by Crippen LogP contribution is -2.22. The third-order valence-electron chi connectivity index (χ3n) is 2.92. The fraction of sp³-hybridized carbons (Fsp3) is 0.357. The maximum atomic E-state index is 14.0. The van der Waals surface area contributed by atoms with Crippen LogP contribution in [-0.2, 0) is 6.42 Å². The van der Waals surface area contributed by atoms with Crippen LogP contribution in [0.3, 0.4) is 0 Å². The van der Waals surface area contributed by atoms with Crippen molar-refractivity contribution in [2.24, 2.45) is 5.73 Å². The van der Waals surface area contributed by atoms with Gasteiger partial charge in [-0.1, -0.05) is 18.2 Å². The standard InChI is InChI=1S/C14H18FN3S/c1-18(2)13(11-5-3-4-6-12(11)15)14-17-10(7-8-16)9-19-14/h3-6,9,13H,7-8,16H2,1-2H3. The van der Waals surface area contributed by atoms with Gasteiger partial charge >= 0.3 is 0 Å². The van der Waals surface area contributed by atoms with Crippen LogP contribution in [-0.4, -0.2) is 30.5 Å². The molecule has 0 aliphatic rings. The average molecular weight is 279 g/mol. The molecule has 2 aromatic rings. The molecule has 0 radical (unpaired) electrons. The minimum Gasteiger partial charge on any atom is -0.330 e. The van der Waals surface area contributed by atoms with Crippen molar-refractivity contribution in [2.45, 2.75) is 12.5 Å². The van der Waals surface area contributed by atoms with Crippen molar-refractivity contribution < 1.29 is 4.39 Å². The summed E-state index contributed by atoms with van der Waals surface area (Å²) in [7, 11) is 3.86. The summed E-state index contributed by atoms with van der Waals surface area (Å²) in [6.45, 7) is 0.579. The van der Waals surface area contributed by atoms with Gasteiger partial charge in [0.1, 0.15) is 10.8 Å². The summed E-state index contributed by atoms with van der Waals surface area (Å²) < 4.78 is 14.0. The smallest absolute Gasteiger partial charge is 0.128 e. The number of hydrogen-bond acceptors (Lipinski definition) is 4. The predicted octanol–water partition coefficient (Wildman–Crippen LogP) is 2.43. The van der Waals surface area contributed by atoms with Crippen molar-refractivity contribution in [3.63, 3.8) is 0 Å². The van der Waals surface area contributed by atoms with Gasteiger partial charge in [0, 0.05) is 17.4 Å². The molecule has 102 valence electrons. The molecule has 3 nitrogen and oxygen atoms in total. The number of aromatic nitrogens is 1. The summed E-state index contributed by atoms with van der Waals surface area (Å²) in [5.74, 6) is -0.197. The Morgan fingerprint density at radius 2 is 2.11 bits per heavy atom. The first-order chi connectivity index (χ1) is 9.13. The van der Waals surface area contributed by atoms with E-state index in [9.17, 15) is 4.39 Å². The highest BCUT2D eigenvalue weighted by molar-refractivity contribution is 7.09. The zero-order valence-electron chi connectivity index (χ0n) is 11.1. The predicted molar refractivity (Wildman–Crippen MR) is 76.8 cm³/mol. The van der Waals surface area contributed by atoms with Crippen molar-refractivity contribution in [1.29, 1.82) is 0 Å². The lowest BCUT2D eigenvalue weighted by Gasteiger charge is -2.23. The highest BCUT2D eigenvalue weighted by atomic mass is 32.1. The van der Waals surface area contributed by atoms with Crippen LogP contribution >= 0.6 is 11.3 Å². The van der Waals surface area contributed by atoms with Gasteiger partial charge in [-0.2, -0.15) is 0 Å². The van der Waals surface area contributed by atoms with Gasteiger partial charge in [0.15, 0.2) is 0 Å². The van der Waals surface area contributed by atoms with E-state index in [1.54, 1.807) is 17.4 Å². The average Bonchev–Trinajstić information content (AvgIpc) is 2.80. The molecule has 2 N–H and O–H groups in total. The third-order valence-corrected chi connectivity index (χ3v) is 3.87. The molecule has 0 aliphatic heterocycles. The van der Waals surface area contributed by atoms with Gasteiger partial charge in [0.25, 0.3) is 0 Å². The summed E-state index contributed by atoms with van der Waals surface area (Å²) >= 11 is 1.55. The van der Waals surface area contributed by atoms with Crippen LogP contribution in [0.4, 0.5) is 4.39 Å². The Morgan fingerprint density at radius 1 is 1.37 bits per heavy atom. The van der Waals surface area contributed by atoms with Crippen LogP contribution in [0.15, 0.2) is 29.6 Å². The van der Waals surface area contributed by atoms with E-state index in [0.717, 1.165) is 17.1 Å². The first-order valence-corrected chi connectivity index (χ1v) is 7.06. The van der Waals surface area contributed by atoms with Gasteiger partial charge in [-0.15, -0.1) is 11.3 Å². The van der Waals surface area contributed by atoms with Gasteiger partial charge in [-0.3, -0.25) is 4.90 Å². The van der Waals surface area contributed by atoms with E-state index in [-0.39, 0.29) is 11.9 Å². The van der Waals surface area contributed by atoms with Crippen molar-refractivity contribution in [1.82, 2.24) is 9.88 Å². The normalized spacial score (nSPS) is 12.9. The maximum Gasteiger partial charge on any atom is 0.128 e. The Balaban J connectivity index is 2.37. The minimum atomic E-state index is -0.197. The summed E-state index contributed by atoms with van der Waals surface area (Å²) in [6.07, 6.45) is 0.758. The first kappa shape index (κ1) is 14.1. The quantitative estimate of drug-likeness (QED) is 0.914. The van der Waals surface area contributed by atoms with E-state index in [1.807, 2.05) is 36.5 Å². The van der Waals surface area contributed by atoms with E-state index in [4.69, 9.17) is 5.73 Å². The number of benzene rings is 1. The molecule has 5 heteroatoms. The highest BCUT2D eigenvalue weighted by Gasteiger charge is 2.22. The van der Waals surface area contributed by atoms with Crippen molar-refractivity contribution >= 4 is 11.3 Å². The number of nitrogens with two attached hydrogens (primary N) is 1. The second kappa shape index (κ2) is 6.23. The number of nitrogens with zero attached hydrogens (tertiary/aromatic N) is 2. The zero-order chi connectivity index (χ0) is 13.8. The first-order valence-electron chi connectivity index (χ1n) is 6.18. The number of rotatable bonds is 5. The van der Waals surface area contributed by atoms with E-state index >= 15 is 0 Å². The summed E-state index contributed by atoms with van der Waals surface area (Å²) in [6, 6.07) is 6.69. The Labute approximate surface area is 116 Å². The molecule has 0 saturated carbocycles. The molecule has 0 amide bonds. The molecule has 0 saturated heterocycles. The lowest BCUT2D eigenvalue weighted by atomic mass is 10.1. The minimum absolute atomic E-state index is 0.155. The number of hydrogen-bond donors (Lipinski definition) is 1. The van der Waals surface area contributed by atoms with Crippen molar-refractivity contribution in [3.05, 3.63) is 51.7 Å². The van der Waals surface area contributed by atoms with Gasteiger partial charge in [-0.25, -0.2) is 9.37 Å². The summed E-state index contributed by atoms with van der Waals surface area (Å²) in [5.41, 5.74) is 7.17. The topological polar surface area (TPSA) is 42.2 Å². The van der Waals surface area contributed by atoms with Gasteiger partial charge in [0.2, 0.25) is 0 Å². The molecule has 1 aromatic carbocycles. The molecule has 0 bridgehead atoms. The monoisotopic (exact) mass is 279 g/mol. The molecule has 0 spiro atoms. The molecule has 2 rings (SSSR count). The van der Waals surface area contributed by atoms with E-state index in [1.165, 1.54) is 6.07 Å². The Morgan fingerprint density at radius 3 is 2.74 bits per heavy atom. The molecular formula is C14H18FN3S. The second-order valence-electron chi connectivity index (χ2n) is 4.60. The summed E-state index contributed by atoms with van der Waals surface area (Å²) in [4.78, 5) is 6.54. The van der Waals surface area contributed by atoms with Crippen LogP contribution in [0, 0.1) is 5.82 Å². The van der Waals surface area contributed by atoms with Crippen LogP contribution in [0.1, 0.15) is 22.3 Å². The van der Waals surface area contributed by atoms with Gasteiger partial charge in [-0.05, 0) is 26.7 Å². The molecule has 0 fully saturated rings. The third kappa shape index (κ3) is 3.18. The molecule has 19 heavy (non-hydrogen) atoms. The van der Waals surface area contributed by atoms with Crippen molar-refractivity contribution in [2.75, 3.05) is 20.6 Å². The SMILES string of the molecule is CN(C)C(c1nc(CCN)cs1)c1ccccc1F. The molecule has 0 aliphatic carbocycles. The van der Waals surface area contributed by atoms with Gasteiger partial charge in [0.05, 0.1) is 11.7 Å². The fourth-order valence-corrected chi connectivity index (χ4v) is 3.10. The van der Waals surface area contributed by atoms with Crippen molar-refractivity contribution in [3.8, 4) is 0 Å². The fourth-order valence-electron chi connectivity index (χ4n) is 2.04. The Bertz CT molecular complexity index is 539. The molecular weight excluding hydrogens is 261 g/mol. The molecule has 1 aromatic heterocycles. The van der Waals surface area contributed by atoms with E-state index in [0.29, 0.717) is 12.1 Å². The van der Waals surface area contributed by atoms with Crippen LogP contribution < -0.4 is 5.73 Å².